The fourth-order valence-electron chi connectivity index (χ4n) is 2.99. The smallest absolute Gasteiger partial charge is 0.322 e. The van der Waals surface area contributed by atoms with Gasteiger partial charge >= 0.3 is 6.03 Å². The average Bonchev–Trinajstić information content (AvgIpc) is 3.11. The number of carbonyl (C=O) groups excluding carboxylic acids is 1. The molecule has 0 spiro atoms. The summed E-state index contributed by atoms with van der Waals surface area (Å²) in [4.78, 5) is 13.8. The molecule has 1 atom stereocenters. The summed E-state index contributed by atoms with van der Waals surface area (Å²) in [5, 5.41) is 8.02. The van der Waals surface area contributed by atoms with Crippen molar-refractivity contribution in [2.24, 2.45) is 0 Å². The van der Waals surface area contributed by atoms with Crippen molar-refractivity contribution in [3.05, 3.63) is 54.5 Å². The number of hydrogen-bond donors (Lipinski definition) is 1. The average molecular weight is 310 g/mol. The Morgan fingerprint density at radius 3 is 2.70 bits per heavy atom. The molecule has 2 heterocycles. The van der Waals surface area contributed by atoms with E-state index in [0.717, 1.165) is 16.6 Å². The first-order valence-corrected chi connectivity index (χ1v) is 7.45. The number of hydrogen-bond acceptors (Lipinski definition) is 2. The molecule has 4 rings (SSSR count). The van der Waals surface area contributed by atoms with Gasteiger partial charge in [0.2, 0.25) is 0 Å². The number of benzene rings is 2. The zero-order valence-corrected chi connectivity index (χ0v) is 12.5. The van der Waals surface area contributed by atoms with Crippen molar-refractivity contribution in [3.8, 4) is 5.69 Å². The number of anilines is 1. The molecule has 0 radical (unpaired) electrons. The third-order valence-electron chi connectivity index (χ3n) is 4.03. The van der Waals surface area contributed by atoms with E-state index in [1.54, 1.807) is 34.0 Å². The Labute approximate surface area is 132 Å². The first kappa shape index (κ1) is 13.8. The summed E-state index contributed by atoms with van der Waals surface area (Å²) < 4.78 is 15.6. The normalized spacial score (nSPS) is 17.7. The van der Waals surface area contributed by atoms with Crippen LogP contribution < -0.4 is 10.2 Å². The van der Waals surface area contributed by atoms with E-state index in [1.165, 1.54) is 6.07 Å². The minimum Gasteiger partial charge on any atom is -0.333 e. The molecule has 5 nitrogen and oxygen atoms in total. The maximum Gasteiger partial charge on any atom is 0.322 e. The highest BCUT2D eigenvalue weighted by molar-refractivity contribution is 6.03. The van der Waals surface area contributed by atoms with Gasteiger partial charge in [-0.15, -0.1) is 0 Å². The summed E-state index contributed by atoms with van der Waals surface area (Å²) in [7, 11) is 0. The Kier molecular flexibility index (Phi) is 3.04. The highest BCUT2D eigenvalue weighted by Gasteiger charge is 2.28. The molecule has 1 saturated heterocycles. The largest absolute Gasteiger partial charge is 0.333 e. The van der Waals surface area contributed by atoms with E-state index in [4.69, 9.17) is 0 Å². The molecule has 0 bridgehead atoms. The number of fused-ring (bicyclic) bond motifs is 1. The molecule has 116 valence electrons. The Balaban J connectivity index is 1.88. The molecule has 1 unspecified atom stereocenters. The molecule has 2 amide bonds. The Morgan fingerprint density at radius 1 is 1.17 bits per heavy atom. The number of amides is 2. The first-order valence-electron chi connectivity index (χ1n) is 7.45. The van der Waals surface area contributed by atoms with Gasteiger partial charge in [0.05, 0.1) is 17.4 Å². The molecule has 6 heteroatoms. The van der Waals surface area contributed by atoms with Crippen molar-refractivity contribution in [2.45, 2.75) is 13.0 Å². The quantitative estimate of drug-likeness (QED) is 0.791. The van der Waals surface area contributed by atoms with E-state index in [0.29, 0.717) is 12.2 Å². The van der Waals surface area contributed by atoms with Crippen LogP contribution in [0.15, 0.2) is 48.7 Å². The third kappa shape index (κ3) is 2.14. The molecule has 0 saturated carbocycles. The molecule has 2 aromatic carbocycles. The number of nitrogens with zero attached hydrogens (tertiary/aromatic N) is 3. The van der Waals surface area contributed by atoms with Crippen molar-refractivity contribution in [3.63, 3.8) is 0 Å². The number of aromatic nitrogens is 2. The molecule has 23 heavy (non-hydrogen) atoms. The maximum absolute atomic E-state index is 14.1. The lowest BCUT2D eigenvalue weighted by atomic mass is 10.2. The van der Waals surface area contributed by atoms with E-state index in [9.17, 15) is 9.18 Å². The van der Waals surface area contributed by atoms with Crippen LogP contribution in [-0.2, 0) is 0 Å². The van der Waals surface area contributed by atoms with Crippen LogP contribution >= 0.6 is 0 Å². The zero-order valence-electron chi connectivity index (χ0n) is 12.5. The van der Waals surface area contributed by atoms with Crippen LogP contribution in [0.1, 0.15) is 6.92 Å². The Hall–Kier alpha value is -2.89. The summed E-state index contributed by atoms with van der Waals surface area (Å²) in [5.74, 6) is -0.338. The second-order valence-electron chi connectivity index (χ2n) is 5.68. The summed E-state index contributed by atoms with van der Waals surface area (Å²) >= 11 is 0. The predicted octanol–water partition coefficient (Wildman–Crippen LogP) is 3.08. The van der Waals surface area contributed by atoms with Crippen LogP contribution in [0.4, 0.5) is 14.9 Å². The van der Waals surface area contributed by atoms with E-state index >= 15 is 0 Å². The van der Waals surface area contributed by atoms with Gasteiger partial charge in [-0.25, -0.2) is 13.9 Å². The van der Waals surface area contributed by atoms with E-state index in [-0.39, 0.29) is 17.9 Å². The minimum absolute atomic E-state index is 0.0966. The summed E-state index contributed by atoms with van der Waals surface area (Å²) in [6, 6.07) is 12.1. The van der Waals surface area contributed by atoms with E-state index in [2.05, 4.69) is 10.4 Å². The van der Waals surface area contributed by atoms with Crippen molar-refractivity contribution < 1.29 is 9.18 Å². The van der Waals surface area contributed by atoms with Crippen LogP contribution in [0.25, 0.3) is 16.6 Å². The van der Waals surface area contributed by atoms with Crippen LogP contribution in [0.3, 0.4) is 0 Å². The molecular formula is C17H15FN4O. The zero-order chi connectivity index (χ0) is 16.0. The SMILES string of the molecule is CC1CN(c2cccc3c2cnn3-c2ccccc2F)C(=O)N1. The lowest BCUT2D eigenvalue weighted by Crippen LogP contribution is -2.28. The Bertz CT molecular complexity index is 904. The van der Waals surface area contributed by atoms with Crippen molar-refractivity contribution in [1.82, 2.24) is 15.1 Å². The van der Waals surface area contributed by atoms with Crippen LogP contribution in [0.5, 0.6) is 0 Å². The number of nitrogens with one attached hydrogen (secondary N) is 1. The van der Waals surface area contributed by atoms with Gasteiger partial charge < -0.3 is 5.32 Å². The molecule has 1 N–H and O–H groups in total. The van der Waals surface area contributed by atoms with E-state index in [1.807, 2.05) is 25.1 Å². The first-order chi connectivity index (χ1) is 11.1. The van der Waals surface area contributed by atoms with Crippen molar-refractivity contribution in [1.29, 1.82) is 0 Å². The van der Waals surface area contributed by atoms with Gasteiger partial charge in [-0.3, -0.25) is 4.90 Å². The molecule has 1 fully saturated rings. The number of rotatable bonds is 2. The summed E-state index contributed by atoms with van der Waals surface area (Å²) in [5.41, 5.74) is 1.94. The number of carbonyl (C=O) groups is 1. The van der Waals surface area contributed by atoms with Crippen molar-refractivity contribution >= 4 is 22.6 Å². The molecule has 1 aromatic heterocycles. The lowest BCUT2D eigenvalue weighted by Gasteiger charge is -2.15. The highest BCUT2D eigenvalue weighted by atomic mass is 19.1. The topological polar surface area (TPSA) is 50.2 Å². The molecule has 3 aromatic rings. The molecule has 1 aliphatic rings. The van der Waals surface area contributed by atoms with Gasteiger partial charge in [-0.2, -0.15) is 5.10 Å². The summed E-state index contributed by atoms with van der Waals surface area (Å²) in [6.07, 6.45) is 1.67. The van der Waals surface area contributed by atoms with Gasteiger partial charge in [0.25, 0.3) is 0 Å². The van der Waals surface area contributed by atoms with Crippen molar-refractivity contribution in [2.75, 3.05) is 11.4 Å². The molecule has 0 aliphatic carbocycles. The van der Waals surface area contributed by atoms with Gasteiger partial charge in [0.1, 0.15) is 11.5 Å². The van der Waals surface area contributed by atoms with Gasteiger partial charge in [0, 0.05) is 18.0 Å². The monoisotopic (exact) mass is 310 g/mol. The van der Waals surface area contributed by atoms with Gasteiger partial charge in [-0.05, 0) is 31.2 Å². The predicted molar refractivity (Wildman–Crippen MR) is 86.4 cm³/mol. The Morgan fingerprint density at radius 2 is 1.96 bits per heavy atom. The number of halogens is 1. The summed E-state index contributed by atoms with van der Waals surface area (Å²) in [6.45, 7) is 2.56. The van der Waals surface area contributed by atoms with Crippen LogP contribution in [0, 0.1) is 5.82 Å². The second kappa shape index (κ2) is 5.08. The highest BCUT2D eigenvalue weighted by Crippen LogP contribution is 2.30. The van der Waals surface area contributed by atoms with Gasteiger partial charge in [0.15, 0.2) is 0 Å². The third-order valence-corrected chi connectivity index (χ3v) is 4.03. The molecule has 1 aliphatic heterocycles. The van der Waals surface area contributed by atoms with Gasteiger partial charge in [-0.1, -0.05) is 18.2 Å². The maximum atomic E-state index is 14.1. The molecular weight excluding hydrogens is 295 g/mol. The lowest BCUT2D eigenvalue weighted by molar-refractivity contribution is 0.251. The number of urea groups is 1. The van der Waals surface area contributed by atoms with Crippen LogP contribution in [0.2, 0.25) is 0 Å². The standard InChI is InChI=1S/C17H15FN4O/c1-11-10-21(17(23)20-11)14-7-4-8-15-12(14)9-19-22(15)16-6-3-2-5-13(16)18/h2-9,11H,10H2,1H3,(H,20,23). The van der Waals surface area contributed by atoms with E-state index < -0.39 is 0 Å². The fraction of sp³-hybridized carbons (Fsp3) is 0.176. The second-order valence-corrected chi connectivity index (χ2v) is 5.68. The minimum atomic E-state index is -0.338. The fourth-order valence-corrected chi connectivity index (χ4v) is 2.99. The van der Waals surface area contributed by atoms with Crippen LogP contribution in [-0.4, -0.2) is 28.4 Å². The number of para-hydroxylation sites is 1.